The van der Waals surface area contributed by atoms with Crippen LogP contribution in [0.4, 0.5) is 0 Å². The third-order valence-corrected chi connectivity index (χ3v) is 5.33. The number of amides is 1. The molecule has 0 saturated heterocycles. The molecule has 1 amide bonds. The van der Waals surface area contributed by atoms with Gasteiger partial charge in [0, 0.05) is 24.6 Å². The third-order valence-electron chi connectivity index (χ3n) is 5.33. The van der Waals surface area contributed by atoms with Gasteiger partial charge in [0.15, 0.2) is 5.78 Å². The lowest BCUT2D eigenvalue weighted by Crippen LogP contribution is -2.22. The summed E-state index contributed by atoms with van der Waals surface area (Å²) in [5, 5.41) is 4.83. The molecule has 4 rings (SSSR count). The average Bonchev–Trinajstić information content (AvgIpc) is 2.83. The number of ketones is 1. The molecule has 0 saturated carbocycles. The number of carbonyl (C=O) groups excluding carboxylic acids is 2. The van der Waals surface area contributed by atoms with Crippen molar-refractivity contribution in [2.75, 3.05) is 6.54 Å². The van der Waals surface area contributed by atoms with E-state index >= 15 is 0 Å². The highest BCUT2D eigenvalue weighted by molar-refractivity contribution is 6.11. The molecule has 0 spiro atoms. The summed E-state index contributed by atoms with van der Waals surface area (Å²) in [7, 11) is 0. The molecule has 1 N–H and O–H groups in total. The van der Waals surface area contributed by atoms with Crippen LogP contribution in [-0.4, -0.2) is 18.2 Å². The minimum atomic E-state index is -0.0716. The molecule has 0 aromatic heterocycles. The second-order valence-electron chi connectivity index (χ2n) is 7.72. The van der Waals surface area contributed by atoms with Crippen molar-refractivity contribution in [3.63, 3.8) is 0 Å². The third kappa shape index (κ3) is 5.22. The van der Waals surface area contributed by atoms with E-state index in [0.717, 1.165) is 27.6 Å². The van der Waals surface area contributed by atoms with Crippen molar-refractivity contribution in [3.8, 4) is 5.75 Å². The smallest absolute Gasteiger partial charge is 0.216 e. The van der Waals surface area contributed by atoms with Gasteiger partial charge in [0.2, 0.25) is 5.91 Å². The molecule has 4 heteroatoms. The highest BCUT2D eigenvalue weighted by atomic mass is 16.5. The maximum Gasteiger partial charge on any atom is 0.216 e. The van der Waals surface area contributed by atoms with Gasteiger partial charge in [-0.3, -0.25) is 9.59 Å². The van der Waals surface area contributed by atoms with Gasteiger partial charge in [0.05, 0.1) is 0 Å². The summed E-state index contributed by atoms with van der Waals surface area (Å²) < 4.78 is 6.01. The summed E-state index contributed by atoms with van der Waals surface area (Å²) in [5.74, 6) is 0.680. The Kier molecular flexibility index (Phi) is 6.61. The van der Waals surface area contributed by atoms with Crippen LogP contribution < -0.4 is 10.1 Å². The van der Waals surface area contributed by atoms with Crippen molar-refractivity contribution >= 4 is 22.5 Å². The zero-order chi connectivity index (χ0) is 22.3. The predicted octanol–water partition coefficient (Wildman–Crippen LogP) is 5.33. The molecule has 0 aliphatic carbocycles. The molecule has 0 heterocycles. The minimum Gasteiger partial charge on any atom is -0.489 e. The van der Waals surface area contributed by atoms with Crippen LogP contribution in [0.2, 0.25) is 0 Å². The zero-order valence-corrected chi connectivity index (χ0v) is 18.0. The zero-order valence-electron chi connectivity index (χ0n) is 18.0. The van der Waals surface area contributed by atoms with Gasteiger partial charge in [-0.1, -0.05) is 66.7 Å². The molecular formula is C28H25NO3. The fourth-order valence-corrected chi connectivity index (χ4v) is 3.71. The van der Waals surface area contributed by atoms with Crippen molar-refractivity contribution in [2.45, 2.75) is 20.0 Å². The number of benzene rings is 4. The maximum atomic E-state index is 13.1. The van der Waals surface area contributed by atoms with E-state index in [2.05, 4.69) is 5.32 Å². The van der Waals surface area contributed by atoms with Gasteiger partial charge in [-0.05, 0) is 52.6 Å². The molecule has 0 aliphatic rings. The summed E-state index contributed by atoms with van der Waals surface area (Å²) >= 11 is 0. The number of rotatable bonds is 8. The fraction of sp³-hybridized carbons (Fsp3) is 0.143. The van der Waals surface area contributed by atoms with Crippen LogP contribution in [0.15, 0.2) is 91.0 Å². The standard InChI is InChI=1S/C28H25NO3/c1-20(30)29-15-14-24-17-25(28(31)22-10-6-3-7-11-22)16-23-12-13-26(18-27(23)24)32-19-21-8-4-2-5-9-21/h2-13,16-18H,14-15,19H2,1H3,(H,29,30). The SMILES string of the molecule is CC(=O)NCCc1cc(C(=O)c2ccccc2)cc2ccc(OCc3ccccc3)cc12. The molecule has 32 heavy (non-hydrogen) atoms. The highest BCUT2D eigenvalue weighted by Crippen LogP contribution is 2.28. The first-order valence-electron chi connectivity index (χ1n) is 10.7. The Labute approximate surface area is 187 Å². The van der Waals surface area contributed by atoms with Gasteiger partial charge >= 0.3 is 0 Å². The van der Waals surface area contributed by atoms with Gasteiger partial charge in [0.25, 0.3) is 0 Å². The van der Waals surface area contributed by atoms with Crippen LogP contribution in [-0.2, 0) is 17.8 Å². The number of fused-ring (bicyclic) bond motifs is 1. The summed E-state index contributed by atoms with van der Waals surface area (Å²) in [6.07, 6.45) is 0.619. The number of hydrogen-bond donors (Lipinski definition) is 1. The van der Waals surface area contributed by atoms with Crippen molar-refractivity contribution in [1.82, 2.24) is 5.32 Å². The fourth-order valence-electron chi connectivity index (χ4n) is 3.71. The molecule has 4 aromatic rings. The van der Waals surface area contributed by atoms with Gasteiger partial charge in [-0.2, -0.15) is 0 Å². The predicted molar refractivity (Wildman–Crippen MR) is 127 cm³/mol. The van der Waals surface area contributed by atoms with E-state index in [1.807, 2.05) is 91.0 Å². The quantitative estimate of drug-likeness (QED) is 0.390. The van der Waals surface area contributed by atoms with E-state index in [1.165, 1.54) is 6.92 Å². The van der Waals surface area contributed by atoms with Gasteiger partial charge < -0.3 is 10.1 Å². The normalized spacial score (nSPS) is 10.7. The summed E-state index contributed by atoms with van der Waals surface area (Å²) in [4.78, 5) is 24.4. The second kappa shape index (κ2) is 9.92. The molecule has 0 atom stereocenters. The monoisotopic (exact) mass is 423 g/mol. The van der Waals surface area contributed by atoms with Gasteiger partial charge in [0.1, 0.15) is 12.4 Å². The van der Waals surface area contributed by atoms with E-state index in [1.54, 1.807) is 0 Å². The van der Waals surface area contributed by atoms with Crippen LogP contribution in [0.3, 0.4) is 0 Å². The molecule has 0 aliphatic heterocycles. The van der Waals surface area contributed by atoms with E-state index in [-0.39, 0.29) is 11.7 Å². The minimum absolute atomic E-state index is 0.0160. The number of nitrogens with one attached hydrogen (secondary N) is 1. The first kappa shape index (κ1) is 21.3. The molecule has 4 nitrogen and oxygen atoms in total. The Morgan fingerprint density at radius 3 is 2.25 bits per heavy atom. The van der Waals surface area contributed by atoms with E-state index in [9.17, 15) is 9.59 Å². The molecule has 0 bridgehead atoms. The molecular weight excluding hydrogens is 398 g/mol. The Morgan fingerprint density at radius 2 is 1.53 bits per heavy atom. The molecule has 0 unspecified atom stereocenters. The molecule has 160 valence electrons. The van der Waals surface area contributed by atoms with Crippen molar-refractivity contribution in [2.24, 2.45) is 0 Å². The number of carbonyl (C=O) groups is 2. The van der Waals surface area contributed by atoms with Gasteiger partial charge in [-0.25, -0.2) is 0 Å². The Hall–Kier alpha value is -3.92. The van der Waals surface area contributed by atoms with Crippen molar-refractivity contribution in [1.29, 1.82) is 0 Å². The van der Waals surface area contributed by atoms with Crippen LogP contribution in [0, 0.1) is 0 Å². The van der Waals surface area contributed by atoms with Crippen molar-refractivity contribution in [3.05, 3.63) is 113 Å². The lowest BCUT2D eigenvalue weighted by Gasteiger charge is -2.13. The van der Waals surface area contributed by atoms with Crippen molar-refractivity contribution < 1.29 is 14.3 Å². The summed E-state index contributed by atoms with van der Waals surface area (Å²) in [6, 6.07) is 29.1. The van der Waals surface area contributed by atoms with Crippen LogP contribution in [0.5, 0.6) is 5.75 Å². The second-order valence-corrected chi connectivity index (χ2v) is 7.72. The van der Waals surface area contributed by atoms with E-state index in [4.69, 9.17) is 4.74 Å². The van der Waals surface area contributed by atoms with Crippen LogP contribution >= 0.6 is 0 Å². The topological polar surface area (TPSA) is 55.4 Å². The lowest BCUT2D eigenvalue weighted by molar-refractivity contribution is -0.118. The first-order chi connectivity index (χ1) is 15.6. The maximum absolute atomic E-state index is 13.1. The highest BCUT2D eigenvalue weighted by Gasteiger charge is 2.13. The number of ether oxygens (including phenoxy) is 1. The Morgan fingerprint density at radius 1 is 0.812 bits per heavy atom. The average molecular weight is 424 g/mol. The lowest BCUT2D eigenvalue weighted by atomic mass is 9.94. The molecule has 0 radical (unpaired) electrons. The van der Waals surface area contributed by atoms with Gasteiger partial charge in [-0.15, -0.1) is 0 Å². The Bertz CT molecular complexity index is 1230. The summed E-state index contributed by atoms with van der Waals surface area (Å²) in [6.45, 7) is 2.49. The summed E-state index contributed by atoms with van der Waals surface area (Å²) in [5.41, 5.74) is 3.39. The van der Waals surface area contributed by atoms with Crippen LogP contribution in [0.25, 0.3) is 10.8 Å². The molecule has 0 fully saturated rings. The van der Waals surface area contributed by atoms with E-state index < -0.39 is 0 Å². The largest absolute Gasteiger partial charge is 0.489 e. The van der Waals surface area contributed by atoms with Crippen LogP contribution in [0.1, 0.15) is 34.0 Å². The first-order valence-corrected chi connectivity index (χ1v) is 10.7. The molecule has 4 aromatic carbocycles. The number of hydrogen-bond acceptors (Lipinski definition) is 3. The van der Waals surface area contributed by atoms with E-state index in [0.29, 0.717) is 30.7 Å². The Balaban J connectivity index is 1.66.